The fourth-order valence-electron chi connectivity index (χ4n) is 1.06. The first-order chi connectivity index (χ1) is 8.99. The Labute approximate surface area is 116 Å². The van der Waals surface area contributed by atoms with Crippen LogP contribution in [-0.4, -0.2) is 18.5 Å². The average molecular weight is 270 g/mol. The molecule has 0 aromatic heterocycles. The van der Waals surface area contributed by atoms with Crippen LogP contribution in [-0.2, 0) is 19.1 Å². The molecular weight excluding hydrogens is 244 g/mol. The maximum Gasteiger partial charge on any atom is 0.333 e. The van der Waals surface area contributed by atoms with E-state index in [0.29, 0.717) is 18.6 Å². The molecular formula is C15H26O4. The number of unbranched alkanes of at least 4 members (excludes halogenated alkanes) is 3. The number of rotatable bonds is 8. The second kappa shape index (κ2) is 14.5. The lowest BCUT2D eigenvalue weighted by Gasteiger charge is -2.04. The van der Waals surface area contributed by atoms with E-state index in [1.165, 1.54) is 19.8 Å². The second-order valence-electron chi connectivity index (χ2n) is 3.93. The number of carbonyl (C=O) groups excluding carboxylic acids is 2. The summed E-state index contributed by atoms with van der Waals surface area (Å²) in [5, 5.41) is 0. The van der Waals surface area contributed by atoms with Gasteiger partial charge in [0, 0.05) is 12.5 Å². The molecule has 0 amide bonds. The summed E-state index contributed by atoms with van der Waals surface area (Å²) in [4.78, 5) is 20.8. The summed E-state index contributed by atoms with van der Waals surface area (Å²) < 4.78 is 9.17. The van der Waals surface area contributed by atoms with Crippen molar-refractivity contribution in [3.63, 3.8) is 0 Å². The van der Waals surface area contributed by atoms with Crippen LogP contribution in [0.2, 0.25) is 0 Å². The molecule has 4 heteroatoms. The molecule has 4 nitrogen and oxygen atoms in total. The minimum absolute atomic E-state index is 0.237. The van der Waals surface area contributed by atoms with E-state index >= 15 is 0 Å². The lowest BCUT2D eigenvalue weighted by Crippen LogP contribution is -2.07. The standard InChI is InChI=1S/C11H20O2.C4H6O2/c1-4-6-7-8-9-13-11(12)10(3)5-2;1-3-6-4(2)5/h3-9H2,1-2H3;3H,1H2,2H3. The number of hydrogen-bond acceptors (Lipinski definition) is 4. The van der Waals surface area contributed by atoms with E-state index in [1.54, 1.807) is 0 Å². The Kier molecular flexibility index (Phi) is 15.1. The third-order valence-corrected chi connectivity index (χ3v) is 2.20. The highest BCUT2D eigenvalue weighted by atomic mass is 16.5. The van der Waals surface area contributed by atoms with Crippen LogP contribution in [0.15, 0.2) is 25.0 Å². The molecule has 0 saturated heterocycles. The minimum Gasteiger partial charge on any atom is -0.462 e. The van der Waals surface area contributed by atoms with E-state index < -0.39 is 0 Å². The van der Waals surface area contributed by atoms with Gasteiger partial charge in [0.05, 0.1) is 12.9 Å². The molecule has 0 aliphatic rings. The lowest BCUT2D eigenvalue weighted by molar-refractivity contribution is -0.139. The monoisotopic (exact) mass is 270 g/mol. The molecule has 0 bridgehead atoms. The minimum atomic E-state index is -0.329. The molecule has 0 rings (SSSR count). The van der Waals surface area contributed by atoms with Crippen molar-refractivity contribution in [2.75, 3.05) is 6.61 Å². The van der Waals surface area contributed by atoms with E-state index in [9.17, 15) is 9.59 Å². The van der Waals surface area contributed by atoms with Crippen molar-refractivity contribution in [3.8, 4) is 0 Å². The van der Waals surface area contributed by atoms with E-state index in [4.69, 9.17) is 4.74 Å². The zero-order valence-corrected chi connectivity index (χ0v) is 12.4. The Balaban J connectivity index is 0. The first kappa shape index (κ1) is 19.8. The summed E-state index contributed by atoms with van der Waals surface area (Å²) in [6.45, 7) is 12.7. The number of ether oxygens (including phenoxy) is 2. The first-order valence-corrected chi connectivity index (χ1v) is 6.62. The molecule has 0 unspecified atom stereocenters. The van der Waals surface area contributed by atoms with Gasteiger partial charge in [-0.3, -0.25) is 4.79 Å². The van der Waals surface area contributed by atoms with E-state index in [0.717, 1.165) is 19.1 Å². The molecule has 0 aromatic rings. The van der Waals surface area contributed by atoms with Crippen LogP contribution in [0.5, 0.6) is 0 Å². The summed E-state index contributed by atoms with van der Waals surface area (Å²) in [6.07, 6.45) is 6.30. The van der Waals surface area contributed by atoms with Gasteiger partial charge in [0.25, 0.3) is 0 Å². The topological polar surface area (TPSA) is 52.6 Å². The summed E-state index contributed by atoms with van der Waals surface area (Å²) in [7, 11) is 0. The molecule has 0 heterocycles. The van der Waals surface area contributed by atoms with E-state index in [1.807, 2.05) is 6.92 Å². The van der Waals surface area contributed by atoms with Gasteiger partial charge in [0.1, 0.15) is 0 Å². The number of carbonyl (C=O) groups is 2. The third-order valence-electron chi connectivity index (χ3n) is 2.20. The highest BCUT2D eigenvalue weighted by Crippen LogP contribution is 2.03. The molecule has 0 saturated carbocycles. The van der Waals surface area contributed by atoms with Crippen molar-refractivity contribution in [2.45, 2.75) is 52.9 Å². The largest absolute Gasteiger partial charge is 0.462 e. The van der Waals surface area contributed by atoms with E-state index in [2.05, 4.69) is 24.8 Å². The Morgan fingerprint density at radius 2 is 1.79 bits per heavy atom. The van der Waals surface area contributed by atoms with Crippen LogP contribution in [0.3, 0.4) is 0 Å². The Hall–Kier alpha value is -1.58. The summed E-state index contributed by atoms with van der Waals surface area (Å²) >= 11 is 0. The quantitative estimate of drug-likeness (QED) is 0.291. The molecule has 0 aliphatic carbocycles. The fraction of sp³-hybridized carbons (Fsp3) is 0.600. The van der Waals surface area contributed by atoms with Crippen LogP contribution in [0.25, 0.3) is 0 Å². The van der Waals surface area contributed by atoms with Crippen LogP contribution >= 0.6 is 0 Å². The SMILES string of the molecule is C=C(CC)C(=O)OCCCCCC.C=COC(C)=O. The highest BCUT2D eigenvalue weighted by molar-refractivity contribution is 5.87. The molecule has 0 aliphatic heterocycles. The molecule has 110 valence electrons. The summed E-state index contributed by atoms with van der Waals surface area (Å²) in [5.74, 6) is -0.566. The van der Waals surface area contributed by atoms with Crippen molar-refractivity contribution >= 4 is 11.9 Å². The maximum absolute atomic E-state index is 11.1. The normalized spacial score (nSPS) is 8.79. The second-order valence-corrected chi connectivity index (χ2v) is 3.93. The van der Waals surface area contributed by atoms with Gasteiger partial charge in [0.15, 0.2) is 0 Å². The van der Waals surface area contributed by atoms with Gasteiger partial charge in [-0.15, -0.1) is 0 Å². The van der Waals surface area contributed by atoms with Crippen LogP contribution in [0, 0.1) is 0 Å². The van der Waals surface area contributed by atoms with Crippen molar-refractivity contribution in [1.29, 1.82) is 0 Å². The first-order valence-electron chi connectivity index (χ1n) is 6.62. The van der Waals surface area contributed by atoms with Gasteiger partial charge in [-0.05, 0) is 12.8 Å². The average Bonchev–Trinajstić information content (AvgIpc) is 2.37. The third kappa shape index (κ3) is 16.4. The van der Waals surface area contributed by atoms with Gasteiger partial charge >= 0.3 is 11.9 Å². The van der Waals surface area contributed by atoms with Crippen LogP contribution in [0.1, 0.15) is 52.9 Å². The summed E-state index contributed by atoms with van der Waals surface area (Å²) in [5.41, 5.74) is 0.565. The molecule has 0 N–H and O–H groups in total. The molecule has 0 aromatic carbocycles. The predicted molar refractivity (Wildman–Crippen MR) is 76.5 cm³/mol. The van der Waals surface area contributed by atoms with Crippen LogP contribution in [0.4, 0.5) is 0 Å². The Morgan fingerprint density at radius 3 is 2.16 bits per heavy atom. The van der Waals surface area contributed by atoms with Crippen molar-refractivity contribution in [2.24, 2.45) is 0 Å². The Bertz CT molecular complexity index is 282. The predicted octanol–water partition coefficient (Wildman–Crippen LogP) is 3.77. The molecule has 0 fully saturated rings. The maximum atomic E-state index is 11.1. The van der Waals surface area contributed by atoms with Crippen molar-refractivity contribution in [3.05, 3.63) is 25.0 Å². The van der Waals surface area contributed by atoms with Gasteiger partial charge < -0.3 is 9.47 Å². The van der Waals surface area contributed by atoms with Gasteiger partial charge in [-0.25, -0.2) is 4.79 Å². The summed E-state index contributed by atoms with van der Waals surface area (Å²) in [6, 6.07) is 0. The Morgan fingerprint density at radius 1 is 1.16 bits per heavy atom. The van der Waals surface area contributed by atoms with Gasteiger partial charge in [-0.2, -0.15) is 0 Å². The van der Waals surface area contributed by atoms with Crippen LogP contribution < -0.4 is 0 Å². The molecule has 19 heavy (non-hydrogen) atoms. The molecule has 0 spiro atoms. The zero-order chi connectivity index (χ0) is 15.1. The molecule has 0 radical (unpaired) electrons. The molecule has 0 atom stereocenters. The highest BCUT2D eigenvalue weighted by Gasteiger charge is 2.04. The van der Waals surface area contributed by atoms with E-state index in [-0.39, 0.29) is 11.9 Å². The van der Waals surface area contributed by atoms with Crippen molar-refractivity contribution < 1.29 is 19.1 Å². The number of hydrogen-bond donors (Lipinski definition) is 0. The lowest BCUT2D eigenvalue weighted by atomic mass is 10.2. The zero-order valence-electron chi connectivity index (χ0n) is 12.4. The number of esters is 2. The van der Waals surface area contributed by atoms with Gasteiger partial charge in [0.2, 0.25) is 0 Å². The smallest absolute Gasteiger partial charge is 0.333 e. The van der Waals surface area contributed by atoms with Gasteiger partial charge in [-0.1, -0.05) is 46.3 Å². The fourth-order valence-corrected chi connectivity index (χ4v) is 1.06. The van der Waals surface area contributed by atoms with Crippen molar-refractivity contribution in [1.82, 2.24) is 0 Å².